The molecule has 0 aromatic heterocycles. The summed E-state index contributed by atoms with van der Waals surface area (Å²) in [5.74, 6) is -1.24. The fourth-order valence-electron chi connectivity index (χ4n) is 1.31. The molecule has 1 aliphatic rings. The van der Waals surface area contributed by atoms with E-state index in [1.54, 1.807) is 4.72 Å². The molecule has 0 saturated carbocycles. The number of rotatable bonds is 1. The van der Waals surface area contributed by atoms with Gasteiger partial charge in [0.15, 0.2) is 0 Å². The Balaban J connectivity index is 0.00000144. The maximum atomic E-state index is 11.5. The van der Waals surface area contributed by atoms with Crippen LogP contribution in [0.3, 0.4) is 0 Å². The Morgan fingerprint density at radius 1 is 1.29 bits per heavy atom. The molecule has 0 spiro atoms. The van der Waals surface area contributed by atoms with Gasteiger partial charge in [0.2, 0.25) is 0 Å². The predicted octanol–water partition coefficient (Wildman–Crippen LogP) is -0.616. The molecule has 9 heteroatoms. The van der Waals surface area contributed by atoms with Crippen molar-refractivity contribution in [1.82, 2.24) is 4.72 Å². The third-order valence-electron chi connectivity index (χ3n) is 1.99. The number of nitrogens with one attached hydrogen (secondary N) is 2. The van der Waals surface area contributed by atoms with Crippen molar-refractivity contribution in [2.75, 3.05) is 5.32 Å². The zero-order valence-corrected chi connectivity index (χ0v) is 9.04. The molecule has 17 heavy (non-hydrogen) atoms. The molecule has 1 aliphatic heterocycles. The highest BCUT2D eigenvalue weighted by Gasteiger charge is 2.28. The van der Waals surface area contributed by atoms with E-state index in [2.05, 4.69) is 5.32 Å². The lowest BCUT2D eigenvalue weighted by Gasteiger charge is -2.18. The number of carboxylic acid groups (broad SMARTS) is 1. The van der Waals surface area contributed by atoms with Gasteiger partial charge < -0.3 is 15.9 Å². The number of hydrogen-bond acceptors (Lipinski definition) is 4. The van der Waals surface area contributed by atoms with E-state index in [1.165, 1.54) is 12.1 Å². The van der Waals surface area contributed by atoms with Gasteiger partial charge in [0.25, 0.3) is 10.0 Å². The molecule has 0 atom stereocenters. The second kappa shape index (κ2) is 4.03. The largest absolute Gasteiger partial charge is 0.478 e. The third-order valence-corrected chi connectivity index (χ3v) is 3.36. The monoisotopic (exact) mass is 260 g/mol. The van der Waals surface area contributed by atoms with Gasteiger partial charge >= 0.3 is 12.0 Å². The lowest BCUT2D eigenvalue weighted by Crippen LogP contribution is -2.39. The maximum Gasteiger partial charge on any atom is 0.335 e. The predicted molar refractivity (Wildman–Crippen MR) is 56.4 cm³/mol. The van der Waals surface area contributed by atoms with Crippen LogP contribution >= 0.6 is 0 Å². The van der Waals surface area contributed by atoms with Crippen LogP contribution in [-0.2, 0) is 10.0 Å². The third kappa shape index (κ3) is 2.19. The first-order chi connectivity index (χ1) is 7.40. The summed E-state index contributed by atoms with van der Waals surface area (Å²) in [7, 11) is -3.97. The summed E-state index contributed by atoms with van der Waals surface area (Å²) in [6.07, 6.45) is 0. The molecule has 1 aromatic rings. The van der Waals surface area contributed by atoms with E-state index in [9.17, 15) is 18.0 Å². The van der Waals surface area contributed by atoms with Crippen molar-refractivity contribution in [3.63, 3.8) is 0 Å². The van der Waals surface area contributed by atoms with Gasteiger partial charge in [-0.05, 0) is 18.2 Å². The van der Waals surface area contributed by atoms with Crippen LogP contribution in [0.1, 0.15) is 10.4 Å². The van der Waals surface area contributed by atoms with Gasteiger partial charge in [-0.1, -0.05) is 0 Å². The first-order valence-electron chi connectivity index (χ1n) is 4.11. The number of sulfonamides is 1. The van der Waals surface area contributed by atoms with Gasteiger partial charge in [-0.25, -0.2) is 22.7 Å². The van der Waals surface area contributed by atoms with Crippen molar-refractivity contribution in [3.8, 4) is 0 Å². The zero-order valence-electron chi connectivity index (χ0n) is 8.22. The van der Waals surface area contributed by atoms with Crippen molar-refractivity contribution < 1.29 is 28.6 Å². The quantitative estimate of drug-likeness (QED) is 0.616. The van der Waals surface area contributed by atoms with Crippen molar-refractivity contribution in [2.45, 2.75) is 4.90 Å². The van der Waals surface area contributed by atoms with E-state index < -0.39 is 22.0 Å². The van der Waals surface area contributed by atoms with Gasteiger partial charge in [0.05, 0.1) is 11.3 Å². The van der Waals surface area contributed by atoms with Gasteiger partial charge in [-0.2, -0.15) is 0 Å². The van der Waals surface area contributed by atoms with E-state index in [0.29, 0.717) is 0 Å². The molecule has 0 radical (unpaired) electrons. The molecule has 2 amide bonds. The van der Waals surface area contributed by atoms with Crippen LogP contribution in [0.5, 0.6) is 0 Å². The smallest absolute Gasteiger partial charge is 0.335 e. The van der Waals surface area contributed by atoms with Gasteiger partial charge in [0.1, 0.15) is 4.90 Å². The Morgan fingerprint density at radius 2 is 1.94 bits per heavy atom. The number of fused-ring (bicyclic) bond motifs is 1. The van der Waals surface area contributed by atoms with Crippen LogP contribution in [0.2, 0.25) is 0 Å². The van der Waals surface area contributed by atoms with Crippen LogP contribution in [-0.4, -0.2) is 31.0 Å². The van der Waals surface area contributed by atoms with Crippen LogP contribution in [0.25, 0.3) is 0 Å². The van der Waals surface area contributed by atoms with E-state index >= 15 is 0 Å². The van der Waals surface area contributed by atoms with Crippen molar-refractivity contribution in [2.24, 2.45) is 0 Å². The van der Waals surface area contributed by atoms with Gasteiger partial charge in [-0.3, -0.25) is 0 Å². The number of anilines is 1. The molecule has 8 nitrogen and oxygen atoms in total. The molecular weight excluding hydrogens is 252 g/mol. The highest BCUT2D eigenvalue weighted by Crippen LogP contribution is 2.25. The molecule has 0 unspecified atom stereocenters. The Labute approximate surface area is 95.6 Å². The number of carbonyl (C=O) groups excluding carboxylic acids is 1. The fraction of sp³-hybridized carbons (Fsp3) is 0. The molecular formula is C8H8N2O6S. The lowest BCUT2D eigenvalue weighted by atomic mass is 10.2. The summed E-state index contributed by atoms with van der Waals surface area (Å²) in [6.45, 7) is 0. The Morgan fingerprint density at radius 3 is 2.53 bits per heavy atom. The number of aromatic carboxylic acids is 1. The highest BCUT2D eigenvalue weighted by molar-refractivity contribution is 7.90. The number of benzene rings is 1. The van der Waals surface area contributed by atoms with Crippen LogP contribution in [0.15, 0.2) is 23.1 Å². The molecule has 1 aromatic carbocycles. The SMILES string of the molecule is O.O=C1Nc2ccc(C(=O)O)cc2S(=O)(=O)N1. The molecule has 2 rings (SSSR count). The average Bonchev–Trinajstić information content (AvgIpc) is 2.15. The minimum Gasteiger partial charge on any atom is -0.478 e. The van der Waals surface area contributed by atoms with E-state index in [1.807, 2.05) is 0 Å². The summed E-state index contributed by atoms with van der Waals surface area (Å²) in [4.78, 5) is 21.3. The minimum absolute atomic E-state index is 0. The summed E-state index contributed by atoms with van der Waals surface area (Å²) in [6, 6.07) is 2.56. The second-order valence-corrected chi connectivity index (χ2v) is 4.73. The summed E-state index contributed by atoms with van der Waals surface area (Å²) in [5, 5.41) is 11.0. The van der Waals surface area contributed by atoms with Gasteiger partial charge in [0, 0.05) is 0 Å². The standard InChI is InChI=1S/C8H6N2O5S.H2O/c11-7(12)4-1-2-5-6(3-4)16(14,15)10-8(13)9-5;/h1-3H,(H,11,12)(H2,9,10,13);1H2. The van der Waals surface area contributed by atoms with E-state index in [4.69, 9.17) is 5.11 Å². The van der Waals surface area contributed by atoms with Crippen LogP contribution in [0, 0.1) is 0 Å². The Kier molecular flexibility index (Phi) is 3.07. The summed E-state index contributed by atoms with van der Waals surface area (Å²) < 4.78 is 24.7. The van der Waals surface area contributed by atoms with E-state index in [0.717, 1.165) is 6.07 Å². The topological polar surface area (TPSA) is 144 Å². The Hall–Kier alpha value is -2.13. The molecule has 0 fully saturated rings. The molecule has 5 N–H and O–H groups in total. The highest BCUT2D eigenvalue weighted by atomic mass is 32.2. The number of carbonyl (C=O) groups is 2. The number of carboxylic acids is 1. The molecule has 0 bridgehead atoms. The van der Waals surface area contributed by atoms with Gasteiger partial charge in [-0.15, -0.1) is 0 Å². The number of hydrogen-bond donors (Lipinski definition) is 3. The molecule has 0 aliphatic carbocycles. The van der Waals surface area contributed by atoms with Crippen molar-refractivity contribution in [3.05, 3.63) is 23.8 Å². The van der Waals surface area contributed by atoms with Crippen molar-refractivity contribution in [1.29, 1.82) is 0 Å². The summed E-state index contributed by atoms with van der Waals surface area (Å²) in [5.41, 5.74) is -0.103. The van der Waals surface area contributed by atoms with Crippen LogP contribution < -0.4 is 10.0 Å². The molecule has 92 valence electrons. The molecule has 0 saturated heterocycles. The zero-order chi connectivity index (χ0) is 11.9. The average molecular weight is 260 g/mol. The number of urea groups is 1. The maximum absolute atomic E-state index is 11.5. The number of amides is 2. The first-order valence-corrected chi connectivity index (χ1v) is 5.59. The minimum atomic E-state index is -3.97. The summed E-state index contributed by atoms with van der Waals surface area (Å²) >= 11 is 0. The lowest BCUT2D eigenvalue weighted by molar-refractivity contribution is 0.0696. The fourth-order valence-corrected chi connectivity index (χ4v) is 2.40. The second-order valence-electron chi connectivity index (χ2n) is 3.08. The normalized spacial score (nSPS) is 15.9. The van der Waals surface area contributed by atoms with E-state index in [-0.39, 0.29) is 21.6 Å². The molecule has 1 heterocycles. The van der Waals surface area contributed by atoms with Crippen molar-refractivity contribution >= 4 is 27.7 Å². The first kappa shape index (κ1) is 12.9. The van der Waals surface area contributed by atoms with Crippen LogP contribution in [0.4, 0.5) is 10.5 Å². The Bertz CT molecular complexity index is 594.